The van der Waals surface area contributed by atoms with Gasteiger partial charge in [0.25, 0.3) is 0 Å². The Morgan fingerprint density at radius 2 is 2.07 bits per heavy atom. The van der Waals surface area contributed by atoms with Crippen molar-refractivity contribution in [1.82, 2.24) is 10.2 Å². The number of nitrogens with zero attached hydrogens (tertiary/aromatic N) is 1. The fourth-order valence-electron chi connectivity index (χ4n) is 5.04. The summed E-state index contributed by atoms with van der Waals surface area (Å²) in [5.41, 5.74) is 5.45. The number of carbonyl (C=O) groups is 1. The van der Waals surface area contributed by atoms with Crippen molar-refractivity contribution in [1.29, 1.82) is 0 Å². The van der Waals surface area contributed by atoms with E-state index in [9.17, 15) is 9.18 Å². The molecule has 2 aliphatic heterocycles. The summed E-state index contributed by atoms with van der Waals surface area (Å²) in [6.45, 7) is 6.44. The lowest BCUT2D eigenvalue weighted by Gasteiger charge is -2.46. The second kappa shape index (κ2) is 6.66. The molecule has 7 heteroatoms. The number of halogens is 2. The number of hydrogen-bond acceptors (Lipinski definition) is 4. The van der Waals surface area contributed by atoms with Gasteiger partial charge >= 0.3 is 6.09 Å². The zero-order valence-electron chi connectivity index (χ0n) is 16.8. The summed E-state index contributed by atoms with van der Waals surface area (Å²) in [4.78, 5) is 14.7. The second-order valence-corrected chi connectivity index (χ2v) is 9.39. The van der Waals surface area contributed by atoms with E-state index in [0.29, 0.717) is 49.9 Å². The third kappa shape index (κ3) is 3.08. The van der Waals surface area contributed by atoms with Crippen molar-refractivity contribution in [2.75, 3.05) is 13.1 Å². The second-order valence-electron chi connectivity index (χ2n) is 9.39. The highest BCUT2D eigenvalue weighted by atomic mass is 19.1. The number of fused-ring (bicyclic) bond motifs is 3. The molecule has 4 rings (SSSR count). The maximum atomic E-state index is 15.7. The number of amides is 1. The van der Waals surface area contributed by atoms with Gasteiger partial charge in [-0.1, -0.05) is 0 Å². The van der Waals surface area contributed by atoms with E-state index >= 15 is 4.39 Å². The van der Waals surface area contributed by atoms with Crippen LogP contribution in [0.1, 0.15) is 56.7 Å². The molecule has 2 bridgehead atoms. The van der Waals surface area contributed by atoms with Gasteiger partial charge in [-0.2, -0.15) is 0 Å². The molecule has 0 spiro atoms. The lowest BCUT2D eigenvalue weighted by Crippen LogP contribution is -2.61. The Kier molecular flexibility index (Phi) is 4.66. The summed E-state index contributed by atoms with van der Waals surface area (Å²) in [5.74, 6) is -0.810. The molecule has 28 heavy (non-hydrogen) atoms. The zero-order chi connectivity index (χ0) is 20.3. The smallest absolute Gasteiger partial charge is 0.411 e. The van der Waals surface area contributed by atoms with Gasteiger partial charge in [-0.3, -0.25) is 4.90 Å². The van der Waals surface area contributed by atoms with Crippen molar-refractivity contribution in [3.63, 3.8) is 0 Å². The van der Waals surface area contributed by atoms with Crippen molar-refractivity contribution in [3.05, 3.63) is 34.4 Å². The average molecular weight is 393 g/mol. The SMILES string of the molecule is CC(C)(C)OC(=O)N1C2CCC1(c1cc(F)c3c(c1F)CCC(N)C3)CNC2. The molecule has 1 aromatic rings. The maximum Gasteiger partial charge on any atom is 0.411 e. The van der Waals surface area contributed by atoms with Crippen LogP contribution in [0.3, 0.4) is 0 Å². The van der Waals surface area contributed by atoms with Gasteiger partial charge in [0.15, 0.2) is 0 Å². The number of benzene rings is 1. The summed E-state index contributed by atoms with van der Waals surface area (Å²) >= 11 is 0. The number of rotatable bonds is 1. The summed E-state index contributed by atoms with van der Waals surface area (Å²) in [5, 5.41) is 3.31. The zero-order valence-corrected chi connectivity index (χ0v) is 16.8. The van der Waals surface area contributed by atoms with Crippen molar-refractivity contribution in [2.24, 2.45) is 5.73 Å². The Morgan fingerprint density at radius 3 is 2.79 bits per heavy atom. The van der Waals surface area contributed by atoms with Crippen molar-refractivity contribution < 1.29 is 18.3 Å². The van der Waals surface area contributed by atoms with Crippen LogP contribution in [0.5, 0.6) is 0 Å². The third-order valence-corrected chi connectivity index (χ3v) is 6.26. The van der Waals surface area contributed by atoms with E-state index in [1.165, 1.54) is 6.07 Å². The largest absolute Gasteiger partial charge is 0.444 e. The Morgan fingerprint density at radius 1 is 1.32 bits per heavy atom. The first kappa shape index (κ1) is 19.6. The molecular weight excluding hydrogens is 364 g/mol. The van der Waals surface area contributed by atoms with Crippen LogP contribution in [0.2, 0.25) is 0 Å². The highest BCUT2D eigenvalue weighted by molar-refractivity contribution is 5.71. The van der Waals surface area contributed by atoms with Gasteiger partial charge in [0, 0.05) is 30.7 Å². The molecule has 1 amide bonds. The van der Waals surface area contributed by atoms with E-state index in [-0.39, 0.29) is 23.5 Å². The van der Waals surface area contributed by atoms with Crippen LogP contribution in [0, 0.1) is 11.6 Å². The van der Waals surface area contributed by atoms with Gasteiger partial charge < -0.3 is 15.8 Å². The minimum Gasteiger partial charge on any atom is -0.444 e. The average Bonchev–Trinajstić information content (AvgIpc) is 2.83. The molecule has 0 aromatic heterocycles. The van der Waals surface area contributed by atoms with E-state index in [1.807, 2.05) is 20.8 Å². The highest BCUT2D eigenvalue weighted by Crippen LogP contribution is 2.47. The fraction of sp³-hybridized carbons (Fsp3) is 0.667. The number of ether oxygens (including phenoxy) is 1. The maximum absolute atomic E-state index is 15.7. The van der Waals surface area contributed by atoms with E-state index in [4.69, 9.17) is 10.5 Å². The van der Waals surface area contributed by atoms with Crippen molar-refractivity contribution in [2.45, 2.75) is 76.1 Å². The Bertz CT molecular complexity index is 804. The van der Waals surface area contributed by atoms with Crippen LogP contribution in [0.4, 0.5) is 13.6 Å². The summed E-state index contributed by atoms with van der Waals surface area (Å²) in [6.07, 6.45) is 2.26. The Hall–Kier alpha value is -1.73. The van der Waals surface area contributed by atoms with Crippen molar-refractivity contribution >= 4 is 6.09 Å². The van der Waals surface area contributed by atoms with E-state index in [0.717, 1.165) is 6.42 Å². The van der Waals surface area contributed by atoms with Crippen LogP contribution in [-0.4, -0.2) is 41.8 Å². The minimum absolute atomic E-state index is 0.0875. The number of nitrogens with two attached hydrogens (primary N) is 1. The van der Waals surface area contributed by atoms with Crippen LogP contribution in [0.25, 0.3) is 0 Å². The lowest BCUT2D eigenvalue weighted by atomic mass is 9.80. The summed E-state index contributed by atoms with van der Waals surface area (Å²) in [7, 11) is 0. The molecule has 2 fully saturated rings. The van der Waals surface area contributed by atoms with Gasteiger partial charge in [-0.15, -0.1) is 0 Å². The Labute approximate surface area is 164 Å². The van der Waals surface area contributed by atoms with Gasteiger partial charge in [-0.05, 0) is 70.1 Å². The molecule has 0 radical (unpaired) electrons. The van der Waals surface area contributed by atoms with Crippen LogP contribution >= 0.6 is 0 Å². The topological polar surface area (TPSA) is 67.6 Å². The molecule has 2 heterocycles. The molecule has 3 unspecified atom stereocenters. The molecular formula is C21H29F2N3O2. The van der Waals surface area contributed by atoms with Crippen LogP contribution in [-0.2, 0) is 23.1 Å². The number of carbonyl (C=O) groups excluding carboxylic acids is 1. The molecule has 3 aliphatic rings. The van der Waals surface area contributed by atoms with Gasteiger partial charge in [0.2, 0.25) is 0 Å². The van der Waals surface area contributed by atoms with Crippen molar-refractivity contribution in [3.8, 4) is 0 Å². The first-order valence-corrected chi connectivity index (χ1v) is 10.1. The Balaban J connectivity index is 1.80. The molecule has 1 aliphatic carbocycles. The quantitative estimate of drug-likeness (QED) is 0.770. The number of hydrogen-bond donors (Lipinski definition) is 2. The summed E-state index contributed by atoms with van der Waals surface area (Å²) < 4.78 is 36.3. The predicted molar refractivity (Wildman–Crippen MR) is 102 cm³/mol. The van der Waals surface area contributed by atoms with Gasteiger partial charge in [0.05, 0.1) is 5.54 Å². The summed E-state index contributed by atoms with van der Waals surface area (Å²) in [6, 6.07) is 1.06. The van der Waals surface area contributed by atoms with Crippen LogP contribution in [0.15, 0.2) is 6.07 Å². The van der Waals surface area contributed by atoms with Crippen LogP contribution < -0.4 is 11.1 Å². The molecule has 5 nitrogen and oxygen atoms in total. The van der Waals surface area contributed by atoms with E-state index in [2.05, 4.69) is 5.32 Å². The standard InChI is InChI=1S/C21H29F2N3O2/c1-20(2,3)28-19(27)26-13-6-7-21(26,11-25-10-13)16-9-17(22)15-8-12(24)4-5-14(15)18(16)23/h9,12-13,25H,4-8,10-11,24H2,1-3H3. The predicted octanol–water partition coefficient (Wildman–Crippen LogP) is 2.98. The van der Waals surface area contributed by atoms with E-state index in [1.54, 1.807) is 4.90 Å². The first-order chi connectivity index (χ1) is 13.1. The van der Waals surface area contributed by atoms with Gasteiger partial charge in [0.1, 0.15) is 17.2 Å². The highest BCUT2D eigenvalue weighted by Gasteiger charge is 2.55. The fourth-order valence-corrected chi connectivity index (χ4v) is 5.04. The monoisotopic (exact) mass is 393 g/mol. The first-order valence-electron chi connectivity index (χ1n) is 10.1. The number of piperazine rings is 1. The minimum atomic E-state index is -0.926. The van der Waals surface area contributed by atoms with E-state index < -0.39 is 23.1 Å². The molecule has 2 saturated heterocycles. The van der Waals surface area contributed by atoms with Gasteiger partial charge in [-0.25, -0.2) is 13.6 Å². The molecule has 0 saturated carbocycles. The normalized spacial score (nSPS) is 29.6. The molecule has 3 atom stereocenters. The molecule has 3 N–H and O–H groups in total. The molecule has 1 aromatic carbocycles. The lowest BCUT2D eigenvalue weighted by molar-refractivity contribution is -0.0123. The number of nitrogens with one attached hydrogen (secondary N) is 1. The third-order valence-electron chi connectivity index (χ3n) is 6.26. The molecule has 154 valence electrons.